The second-order valence-corrected chi connectivity index (χ2v) is 9.28. The van der Waals surface area contributed by atoms with Crippen molar-refractivity contribution in [2.24, 2.45) is 4.99 Å². The molecule has 0 saturated carbocycles. The summed E-state index contributed by atoms with van der Waals surface area (Å²) in [4.78, 5) is 27.7. The number of anilines is 2. The zero-order chi connectivity index (χ0) is 27.2. The van der Waals surface area contributed by atoms with E-state index in [0.29, 0.717) is 41.6 Å². The first kappa shape index (κ1) is 25.9. The van der Waals surface area contributed by atoms with Crippen LogP contribution in [0, 0.1) is 0 Å². The molecular weight excluding hydrogens is 492 g/mol. The number of carbonyl (C=O) groups is 1. The normalized spacial score (nSPS) is 17.2. The van der Waals surface area contributed by atoms with Crippen LogP contribution in [-0.4, -0.2) is 63.9 Å². The van der Waals surface area contributed by atoms with Gasteiger partial charge < -0.3 is 25.8 Å². The van der Waals surface area contributed by atoms with Crippen LogP contribution in [0.3, 0.4) is 0 Å². The van der Waals surface area contributed by atoms with Crippen LogP contribution in [-0.2, 0) is 11.2 Å². The molecule has 9 heteroatoms. The summed E-state index contributed by atoms with van der Waals surface area (Å²) in [6, 6.07) is 26.3. The zero-order valence-corrected chi connectivity index (χ0v) is 21.6. The number of aliphatic hydroxyl groups excluding tert-OH is 1. The molecular formula is C30H30N6O3. The van der Waals surface area contributed by atoms with E-state index in [1.54, 1.807) is 11.9 Å². The van der Waals surface area contributed by atoms with Gasteiger partial charge in [-0.15, -0.1) is 0 Å². The van der Waals surface area contributed by atoms with Crippen LogP contribution in [0.1, 0.15) is 5.56 Å². The third-order valence-electron chi connectivity index (χ3n) is 6.63. The maximum absolute atomic E-state index is 13.2. The molecule has 2 unspecified atom stereocenters. The fraction of sp³-hybridized carbons (Fsp3) is 0.200. The summed E-state index contributed by atoms with van der Waals surface area (Å²) in [7, 11) is 1.62. The minimum atomic E-state index is -0.797. The second kappa shape index (κ2) is 11.7. The van der Waals surface area contributed by atoms with Gasteiger partial charge in [-0.1, -0.05) is 60.7 Å². The van der Waals surface area contributed by atoms with Gasteiger partial charge in [-0.2, -0.15) is 0 Å². The predicted molar refractivity (Wildman–Crippen MR) is 152 cm³/mol. The van der Waals surface area contributed by atoms with Crippen LogP contribution in [0.2, 0.25) is 0 Å². The van der Waals surface area contributed by atoms with Crippen molar-refractivity contribution in [2.75, 3.05) is 31.2 Å². The molecule has 3 aromatic carbocycles. The Morgan fingerprint density at radius 2 is 1.67 bits per heavy atom. The SMILES string of the molecule is CN=C(Cc1ccccc1)C(=O)N1CC(O)C(Nc2ncnc(N)c2-c2ccc(Oc3ccccc3)cc2)C1. The van der Waals surface area contributed by atoms with E-state index < -0.39 is 12.1 Å². The predicted octanol–water partition coefficient (Wildman–Crippen LogP) is 3.82. The van der Waals surface area contributed by atoms with E-state index in [4.69, 9.17) is 10.5 Å². The van der Waals surface area contributed by atoms with E-state index in [9.17, 15) is 9.90 Å². The van der Waals surface area contributed by atoms with Gasteiger partial charge in [0.05, 0.1) is 17.7 Å². The summed E-state index contributed by atoms with van der Waals surface area (Å²) in [6.07, 6.45) is 1.01. The number of carbonyl (C=O) groups excluding carboxylic acids is 1. The number of para-hydroxylation sites is 1. The lowest BCUT2D eigenvalue weighted by Crippen LogP contribution is -2.37. The number of benzene rings is 3. The number of rotatable bonds is 8. The maximum Gasteiger partial charge on any atom is 0.268 e. The summed E-state index contributed by atoms with van der Waals surface area (Å²) in [6.45, 7) is 0.479. The van der Waals surface area contributed by atoms with Crippen LogP contribution in [0.25, 0.3) is 11.1 Å². The number of nitrogens with one attached hydrogen (secondary N) is 1. The molecule has 0 radical (unpaired) electrons. The van der Waals surface area contributed by atoms with Crippen LogP contribution >= 0.6 is 0 Å². The second-order valence-electron chi connectivity index (χ2n) is 9.28. The van der Waals surface area contributed by atoms with E-state index in [2.05, 4.69) is 20.3 Å². The van der Waals surface area contributed by atoms with Crippen molar-refractivity contribution in [3.8, 4) is 22.6 Å². The number of aliphatic imine (C=N–C) groups is 1. The Morgan fingerprint density at radius 3 is 2.36 bits per heavy atom. The number of nitrogens with two attached hydrogens (primary N) is 1. The molecule has 0 aliphatic carbocycles. The average molecular weight is 523 g/mol. The Labute approximate surface area is 227 Å². The van der Waals surface area contributed by atoms with Crippen LogP contribution < -0.4 is 15.8 Å². The fourth-order valence-electron chi connectivity index (χ4n) is 4.60. The van der Waals surface area contributed by atoms with Crippen LogP contribution in [0.15, 0.2) is 96.2 Å². The Kier molecular flexibility index (Phi) is 7.79. The highest BCUT2D eigenvalue weighted by Gasteiger charge is 2.36. The molecule has 0 bridgehead atoms. The van der Waals surface area contributed by atoms with Crippen molar-refractivity contribution in [3.05, 3.63) is 96.8 Å². The van der Waals surface area contributed by atoms with Gasteiger partial charge in [0.2, 0.25) is 0 Å². The zero-order valence-electron chi connectivity index (χ0n) is 21.6. The van der Waals surface area contributed by atoms with Gasteiger partial charge in [0.1, 0.15) is 35.2 Å². The monoisotopic (exact) mass is 522 g/mol. The molecule has 0 spiro atoms. The number of amides is 1. The van der Waals surface area contributed by atoms with Crippen molar-refractivity contribution in [2.45, 2.75) is 18.6 Å². The highest BCUT2D eigenvalue weighted by molar-refractivity contribution is 6.39. The van der Waals surface area contributed by atoms with Crippen molar-refractivity contribution in [1.29, 1.82) is 0 Å². The number of aliphatic hydroxyl groups is 1. The number of nitrogens with zero attached hydrogens (tertiary/aromatic N) is 4. The standard InChI is InChI=1S/C30H30N6O3/c1-32-24(16-20-8-4-2-5-9-20)30(38)36-17-25(26(37)18-36)35-29-27(28(31)33-19-34-29)21-12-14-23(15-13-21)39-22-10-6-3-7-11-22/h2-15,19,25-26,37H,16-18H2,1H3,(H3,31,33,34,35). The topological polar surface area (TPSA) is 126 Å². The molecule has 4 N–H and O–H groups in total. The van der Waals surface area contributed by atoms with E-state index in [-0.39, 0.29) is 12.5 Å². The van der Waals surface area contributed by atoms with Gasteiger partial charge in [0.15, 0.2) is 0 Å². The van der Waals surface area contributed by atoms with Gasteiger partial charge in [0.25, 0.3) is 5.91 Å². The molecule has 39 heavy (non-hydrogen) atoms. The van der Waals surface area contributed by atoms with E-state index in [1.165, 1.54) is 6.33 Å². The molecule has 9 nitrogen and oxygen atoms in total. The highest BCUT2D eigenvalue weighted by Crippen LogP contribution is 2.33. The largest absolute Gasteiger partial charge is 0.457 e. The lowest BCUT2D eigenvalue weighted by molar-refractivity contribution is -0.123. The first-order valence-corrected chi connectivity index (χ1v) is 12.7. The summed E-state index contributed by atoms with van der Waals surface area (Å²) >= 11 is 0. The quantitative estimate of drug-likeness (QED) is 0.300. The van der Waals surface area contributed by atoms with Gasteiger partial charge >= 0.3 is 0 Å². The number of hydrogen-bond donors (Lipinski definition) is 3. The van der Waals surface area contributed by atoms with Crippen molar-refractivity contribution < 1.29 is 14.6 Å². The molecule has 1 aliphatic heterocycles. The minimum absolute atomic E-state index is 0.186. The molecule has 198 valence electrons. The van der Waals surface area contributed by atoms with Crippen LogP contribution in [0.4, 0.5) is 11.6 Å². The molecule has 2 atom stereocenters. The van der Waals surface area contributed by atoms with E-state index in [0.717, 1.165) is 16.9 Å². The number of hydrogen-bond acceptors (Lipinski definition) is 8. The third kappa shape index (κ3) is 6.05. The molecule has 4 aromatic rings. The number of β-amino-alcohol motifs (C(OH)–C–C–N with tert-alkyl or cyclic N) is 1. The smallest absolute Gasteiger partial charge is 0.268 e. The molecule has 1 aromatic heterocycles. The van der Waals surface area contributed by atoms with Crippen molar-refractivity contribution >= 4 is 23.3 Å². The van der Waals surface area contributed by atoms with Crippen LogP contribution in [0.5, 0.6) is 11.5 Å². The number of likely N-dealkylation sites (tertiary alicyclic amines) is 1. The summed E-state index contributed by atoms with van der Waals surface area (Å²) in [5.74, 6) is 2.00. The van der Waals surface area contributed by atoms with Crippen molar-refractivity contribution in [3.63, 3.8) is 0 Å². The Balaban J connectivity index is 1.30. The number of ether oxygens (including phenoxy) is 1. The summed E-state index contributed by atoms with van der Waals surface area (Å²) in [5.41, 5.74) is 9.11. The van der Waals surface area contributed by atoms with Gasteiger partial charge in [-0.3, -0.25) is 9.79 Å². The first-order chi connectivity index (χ1) is 19.0. The van der Waals surface area contributed by atoms with Gasteiger partial charge in [0, 0.05) is 26.6 Å². The summed E-state index contributed by atoms with van der Waals surface area (Å²) in [5, 5.41) is 14.1. The van der Waals surface area contributed by atoms with E-state index >= 15 is 0 Å². The number of aromatic nitrogens is 2. The molecule has 5 rings (SSSR count). The molecule has 1 amide bonds. The summed E-state index contributed by atoms with van der Waals surface area (Å²) < 4.78 is 5.89. The first-order valence-electron chi connectivity index (χ1n) is 12.7. The lowest BCUT2D eigenvalue weighted by atomic mass is 10.1. The fourth-order valence-corrected chi connectivity index (χ4v) is 4.60. The molecule has 2 heterocycles. The highest BCUT2D eigenvalue weighted by atomic mass is 16.5. The van der Waals surface area contributed by atoms with E-state index in [1.807, 2.05) is 84.9 Å². The Hall–Kier alpha value is -4.76. The molecule has 1 saturated heterocycles. The third-order valence-corrected chi connectivity index (χ3v) is 6.63. The maximum atomic E-state index is 13.2. The van der Waals surface area contributed by atoms with Gasteiger partial charge in [-0.05, 0) is 35.4 Å². The average Bonchev–Trinajstić information content (AvgIpc) is 3.33. The molecule has 1 fully saturated rings. The van der Waals surface area contributed by atoms with Crippen molar-refractivity contribution in [1.82, 2.24) is 14.9 Å². The molecule has 1 aliphatic rings. The lowest BCUT2D eigenvalue weighted by Gasteiger charge is -2.20. The van der Waals surface area contributed by atoms with Gasteiger partial charge in [-0.25, -0.2) is 9.97 Å². The minimum Gasteiger partial charge on any atom is -0.457 e. The Bertz CT molecular complexity index is 1450. The Morgan fingerprint density at radius 1 is 1.00 bits per heavy atom. The number of nitrogen functional groups attached to an aromatic ring is 1.